The highest BCUT2D eigenvalue weighted by Gasteiger charge is 2.43. The van der Waals surface area contributed by atoms with E-state index in [0.717, 1.165) is 45.1 Å². The number of nitrogens with one attached hydrogen (secondary N) is 1. The van der Waals surface area contributed by atoms with Crippen molar-refractivity contribution < 1.29 is 5.11 Å². The minimum Gasteiger partial charge on any atom is -0.389 e. The second-order valence-electron chi connectivity index (χ2n) is 5.56. The molecule has 2 N–H and O–H groups in total. The van der Waals surface area contributed by atoms with Crippen LogP contribution in [0.2, 0.25) is 0 Å². The van der Waals surface area contributed by atoms with Crippen molar-refractivity contribution in [3.05, 3.63) is 0 Å². The van der Waals surface area contributed by atoms with E-state index in [2.05, 4.69) is 10.2 Å². The molecule has 2 heterocycles. The van der Waals surface area contributed by atoms with Gasteiger partial charge in [-0.25, -0.2) is 0 Å². The molecule has 3 rings (SSSR count). The van der Waals surface area contributed by atoms with Crippen molar-refractivity contribution >= 4 is 0 Å². The summed E-state index contributed by atoms with van der Waals surface area (Å²) in [6, 6.07) is 0.872. The van der Waals surface area contributed by atoms with Gasteiger partial charge in [-0.15, -0.1) is 0 Å². The summed E-state index contributed by atoms with van der Waals surface area (Å²) in [6.45, 7) is 4.37. The molecular formula is C12H22N2O. The molecule has 0 spiro atoms. The van der Waals surface area contributed by atoms with Crippen LogP contribution in [0.5, 0.6) is 0 Å². The normalized spacial score (nSPS) is 37.0. The van der Waals surface area contributed by atoms with Crippen molar-refractivity contribution in [1.29, 1.82) is 0 Å². The summed E-state index contributed by atoms with van der Waals surface area (Å²) < 4.78 is 0. The zero-order valence-corrected chi connectivity index (χ0v) is 9.41. The summed E-state index contributed by atoms with van der Waals surface area (Å²) in [7, 11) is 0. The first kappa shape index (κ1) is 10.1. The van der Waals surface area contributed by atoms with Crippen LogP contribution in [0.15, 0.2) is 0 Å². The molecule has 0 aromatic rings. The Bertz CT molecular complexity index is 226. The molecule has 1 saturated carbocycles. The van der Waals surface area contributed by atoms with Gasteiger partial charge in [-0.05, 0) is 38.6 Å². The van der Waals surface area contributed by atoms with E-state index in [1.807, 2.05) is 0 Å². The Morgan fingerprint density at radius 3 is 2.40 bits per heavy atom. The van der Waals surface area contributed by atoms with Crippen LogP contribution < -0.4 is 5.32 Å². The fraction of sp³-hybridized carbons (Fsp3) is 1.00. The van der Waals surface area contributed by atoms with E-state index in [-0.39, 0.29) is 5.60 Å². The first-order valence-electron chi connectivity index (χ1n) is 6.45. The molecule has 0 aromatic heterocycles. The first-order chi connectivity index (χ1) is 7.28. The third-order valence-electron chi connectivity index (χ3n) is 4.55. The van der Waals surface area contributed by atoms with Gasteiger partial charge in [0.05, 0.1) is 5.60 Å². The van der Waals surface area contributed by atoms with Crippen LogP contribution in [-0.2, 0) is 0 Å². The molecule has 1 atom stereocenters. The Labute approximate surface area is 91.8 Å². The lowest BCUT2D eigenvalue weighted by atomic mass is 9.79. The number of likely N-dealkylation sites (tertiary alicyclic amines) is 1. The maximum atomic E-state index is 10.6. The molecule has 3 aliphatic rings. The van der Waals surface area contributed by atoms with Gasteiger partial charge < -0.3 is 15.3 Å². The zero-order valence-electron chi connectivity index (χ0n) is 9.41. The summed E-state index contributed by atoms with van der Waals surface area (Å²) in [5.74, 6) is 0.513. The number of hydrogen-bond acceptors (Lipinski definition) is 3. The van der Waals surface area contributed by atoms with E-state index < -0.39 is 0 Å². The Morgan fingerprint density at radius 1 is 1.13 bits per heavy atom. The molecule has 1 aliphatic carbocycles. The summed E-state index contributed by atoms with van der Waals surface area (Å²) in [5.41, 5.74) is -0.352. The van der Waals surface area contributed by atoms with Gasteiger partial charge in [-0.3, -0.25) is 0 Å². The Hall–Kier alpha value is -0.120. The maximum Gasteiger partial charge on any atom is 0.0712 e. The topological polar surface area (TPSA) is 35.5 Å². The third kappa shape index (κ3) is 1.93. The van der Waals surface area contributed by atoms with Crippen molar-refractivity contribution in [2.75, 3.05) is 26.2 Å². The smallest absolute Gasteiger partial charge is 0.0712 e. The maximum absolute atomic E-state index is 10.6. The second kappa shape index (κ2) is 3.72. The first-order valence-corrected chi connectivity index (χ1v) is 6.45. The van der Waals surface area contributed by atoms with Gasteiger partial charge in [0.25, 0.3) is 0 Å². The van der Waals surface area contributed by atoms with E-state index in [9.17, 15) is 5.11 Å². The highest BCUT2D eigenvalue weighted by molar-refractivity contribution is 4.97. The molecule has 3 fully saturated rings. The fourth-order valence-electron chi connectivity index (χ4n) is 3.24. The second-order valence-corrected chi connectivity index (χ2v) is 5.56. The Morgan fingerprint density at radius 2 is 1.87 bits per heavy atom. The van der Waals surface area contributed by atoms with E-state index >= 15 is 0 Å². The average molecular weight is 210 g/mol. The largest absolute Gasteiger partial charge is 0.389 e. The van der Waals surface area contributed by atoms with Crippen molar-refractivity contribution in [3.8, 4) is 0 Å². The number of nitrogens with zero attached hydrogens (tertiary/aromatic N) is 1. The van der Waals surface area contributed by atoms with Gasteiger partial charge in [0.1, 0.15) is 0 Å². The number of piperidine rings is 1. The lowest BCUT2D eigenvalue weighted by Gasteiger charge is -2.41. The molecule has 1 unspecified atom stereocenters. The molecule has 86 valence electrons. The van der Waals surface area contributed by atoms with E-state index in [0.29, 0.717) is 5.92 Å². The van der Waals surface area contributed by atoms with Gasteiger partial charge in [-0.2, -0.15) is 0 Å². The number of hydrogen-bond donors (Lipinski definition) is 2. The third-order valence-corrected chi connectivity index (χ3v) is 4.55. The van der Waals surface area contributed by atoms with Crippen LogP contribution in [0.3, 0.4) is 0 Å². The quantitative estimate of drug-likeness (QED) is 0.700. The van der Waals surface area contributed by atoms with Crippen molar-refractivity contribution in [3.63, 3.8) is 0 Å². The van der Waals surface area contributed by atoms with Crippen molar-refractivity contribution in [2.45, 2.75) is 43.7 Å². The molecule has 2 saturated heterocycles. The molecule has 0 radical (unpaired) electrons. The highest BCUT2D eigenvalue weighted by Crippen LogP contribution is 2.37. The Balaban J connectivity index is 1.58. The molecule has 2 aliphatic heterocycles. The Kier molecular flexibility index (Phi) is 2.49. The van der Waals surface area contributed by atoms with E-state index in [4.69, 9.17) is 0 Å². The number of rotatable bonds is 2. The molecule has 3 heteroatoms. The molecule has 0 amide bonds. The summed E-state index contributed by atoms with van der Waals surface area (Å²) in [6.07, 6.45) is 5.94. The monoisotopic (exact) mass is 210 g/mol. The van der Waals surface area contributed by atoms with Gasteiger partial charge in [-0.1, -0.05) is 0 Å². The highest BCUT2D eigenvalue weighted by atomic mass is 16.3. The van der Waals surface area contributed by atoms with Crippen LogP contribution in [0.4, 0.5) is 0 Å². The zero-order chi connectivity index (χ0) is 10.3. The van der Waals surface area contributed by atoms with Gasteiger partial charge in [0, 0.05) is 31.6 Å². The van der Waals surface area contributed by atoms with Crippen molar-refractivity contribution in [2.24, 2.45) is 5.92 Å². The SMILES string of the molecule is OC1(C2CCNC2)CCN(C2CC2)CC1. The van der Waals surface area contributed by atoms with Crippen LogP contribution >= 0.6 is 0 Å². The minimum absolute atomic E-state index is 0.352. The summed E-state index contributed by atoms with van der Waals surface area (Å²) >= 11 is 0. The van der Waals surface area contributed by atoms with E-state index in [1.165, 1.54) is 19.3 Å². The van der Waals surface area contributed by atoms with Gasteiger partial charge in [0.15, 0.2) is 0 Å². The summed E-state index contributed by atoms with van der Waals surface area (Å²) in [4.78, 5) is 2.58. The molecular weight excluding hydrogens is 188 g/mol. The van der Waals surface area contributed by atoms with Gasteiger partial charge >= 0.3 is 0 Å². The van der Waals surface area contributed by atoms with Crippen molar-refractivity contribution in [1.82, 2.24) is 10.2 Å². The van der Waals surface area contributed by atoms with Crippen LogP contribution in [0, 0.1) is 5.92 Å². The van der Waals surface area contributed by atoms with Crippen LogP contribution in [0.25, 0.3) is 0 Å². The summed E-state index contributed by atoms with van der Waals surface area (Å²) in [5, 5.41) is 14.0. The van der Waals surface area contributed by atoms with Crippen LogP contribution in [0.1, 0.15) is 32.1 Å². The lowest BCUT2D eigenvalue weighted by molar-refractivity contribution is -0.0625. The average Bonchev–Trinajstić information content (AvgIpc) is 2.94. The fourth-order valence-corrected chi connectivity index (χ4v) is 3.24. The predicted molar refractivity (Wildman–Crippen MR) is 59.8 cm³/mol. The molecule has 0 bridgehead atoms. The van der Waals surface area contributed by atoms with Gasteiger partial charge in [0.2, 0.25) is 0 Å². The van der Waals surface area contributed by atoms with E-state index in [1.54, 1.807) is 0 Å². The number of aliphatic hydroxyl groups is 1. The van der Waals surface area contributed by atoms with Crippen LogP contribution in [-0.4, -0.2) is 47.8 Å². The standard InChI is InChI=1S/C12H22N2O/c15-12(10-3-6-13-9-10)4-7-14(8-5-12)11-1-2-11/h10-11,13,15H,1-9H2. The predicted octanol–water partition coefficient (Wildman–Crippen LogP) is 0.585. The molecule has 15 heavy (non-hydrogen) atoms. The lowest BCUT2D eigenvalue weighted by Crippen LogP contribution is -2.49. The minimum atomic E-state index is -0.352. The molecule has 0 aromatic carbocycles. The molecule has 3 nitrogen and oxygen atoms in total.